The molecular weight excluding hydrogens is 156 g/mol. The van der Waals surface area contributed by atoms with Gasteiger partial charge in [0.25, 0.3) is 0 Å². The molecule has 0 aliphatic carbocycles. The van der Waals surface area contributed by atoms with Crippen molar-refractivity contribution in [3.8, 4) is 12.3 Å². The Morgan fingerprint density at radius 2 is 2.58 bits per heavy atom. The van der Waals surface area contributed by atoms with Crippen LogP contribution >= 0.6 is 0 Å². The van der Waals surface area contributed by atoms with Crippen LogP contribution in [0.15, 0.2) is 12.3 Å². The average molecular weight is 164 g/mol. The lowest BCUT2D eigenvalue weighted by atomic mass is 10.4. The zero-order valence-corrected chi connectivity index (χ0v) is 6.40. The Morgan fingerprint density at radius 1 is 1.83 bits per heavy atom. The molecule has 1 rings (SSSR count). The first-order chi connectivity index (χ1) is 5.72. The number of carbonyl (C=O) groups is 1. The summed E-state index contributed by atoms with van der Waals surface area (Å²) in [6.07, 6.45) is 6.80. The lowest BCUT2D eigenvalue weighted by molar-refractivity contribution is -0.137. The van der Waals surface area contributed by atoms with E-state index in [0.717, 1.165) is 0 Å². The second-order valence-electron chi connectivity index (χ2n) is 2.25. The Balaban J connectivity index is 2.54. The minimum atomic E-state index is -0.840. The molecule has 0 aliphatic rings. The van der Waals surface area contributed by atoms with Crippen LogP contribution in [0.3, 0.4) is 0 Å². The SMILES string of the molecule is C#Cc1ccn(CCC(=O)O)n1. The molecule has 0 atom stereocenters. The van der Waals surface area contributed by atoms with E-state index in [9.17, 15) is 4.79 Å². The van der Waals surface area contributed by atoms with E-state index in [-0.39, 0.29) is 6.42 Å². The summed E-state index contributed by atoms with van der Waals surface area (Å²) in [6.45, 7) is 0.358. The van der Waals surface area contributed by atoms with Crippen molar-refractivity contribution in [1.82, 2.24) is 9.78 Å². The maximum atomic E-state index is 10.2. The molecule has 0 unspecified atom stereocenters. The first kappa shape index (κ1) is 8.34. The lowest BCUT2D eigenvalue weighted by Gasteiger charge is -1.95. The van der Waals surface area contributed by atoms with Crippen molar-refractivity contribution < 1.29 is 9.90 Å². The highest BCUT2D eigenvalue weighted by atomic mass is 16.4. The summed E-state index contributed by atoms with van der Waals surface area (Å²) >= 11 is 0. The Labute approximate surface area is 69.8 Å². The van der Waals surface area contributed by atoms with E-state index in [1.165, 1.54) is 4.68 Å². The van der Waals surface area contributed by atoms with Gasteiger partial charge in [0.15, 0.2) is 0 Å². The zero-order valence-electron chi connectivity index (χ0n) is 6.40. The van der Waals surface area contributed by atoms with E-state index in [0.29, 0.717) is 12.2 Å². The molecular formula is C8H8N2O2. The molecule has 0 saturated carbocycles. The van der Waals surface area contributed by atoms with Crippen LogP contribution in [-0.2, 0) is 11.3 Å². The van der Waals surface area contributed by atoms with Crippen LogP contribution in [0.2, 0.25) is 0 Å². The smallest absolute Gasteiger partial charge is 0.305 e. The van der Waals surface area contributed by atoms with Gasteiger partial charge in [0.2, 0.25) is 0 Å². The van der Waals surface area contributed by atoms with Crippen LogP contribution in [-0.4, -0.2) is 20.9 Å². The first-order valence-corrected chi connectivity index (χ1v) is 3.44. The number of carboxylic acids is 1. The maximum Gasteiger partial charge on any atom is 0.305 e. The molecule has 1 aromatic heterocycles. The molecule has 0 radical (unpaired) electrons. The summed E-state index contributed by atoms with van der Waals surface area (Å²) in [6, 6.07) is 1.67. The number of terminal acetylenes is 1. The largest absolute Gasteiger partial charge is 0.481 e. The fourth-order valence-corrected chi connectivity index (χ4v) is 0.773. The lowest BCUT2D eigenvalue weighted by Crippen LogP contribution is -2.04. The van der Waals surface area contributed by atoms with E-state index < -0.39 is 5.97 Å². The predicted molar refractivity (Wildman–Crippen MR) is 42.4 cm³/mol. The molecule has 0 bridgehead atoms. The highest BCUT2D eigenvalue weighted by molar-refractivity contribution is 5.66. The number of aryl methyl sites for hydroxylation is 1. The van der Waals surface area contributed by atoms with E-state index >= 15 is 0 Å². The molecule has 4 nitrogen and oxygen atoms in total. The molecule has 0 spiro atoms. The summed E-state index contributed by atoms with van der Waals surface area (Å²) in [7, 11) is 0. The van der Waals surface area contributed by atoms with Gasteiger partial charge in [0.1, 0.15) is 5.69 Å². The molecule has 12 heavy (non-hydrogen) atoms. The molecule has 0 aliphatic heterocycles. The summed E-state index contributed by atoms with van der Waals surface area (Å²) < 4.78 is 1.52. The second-order valence-corrected chi connectivity index (χ2v) is 2.25. The highest BCUT2D eigenvalue weighted by Gasteiger charge is 1.99. The van der Waals surface area contributed by atoms with Crippen molar-refractivity contribution in [1.29, 1.82) is 0 Å². The van der Waals surface area contributed by atoms with Crippen molar-refractivity contribution >= 4 is 5.97 Å². The highest BCUT2D eigenvalue weighted by Crippen LogP contribution is 1.94. The van der Waals surface area contributed by atoms with Gasteiger partial charge in [-0.1, -0.05) is 0 Å². The van der Waals surface area contributed by atoms with Crippen molar-refractivity contribution in [2.45, 2.75) is 13.0 Å². The quantitative estimate of drug-likeness (QED) is 0.655. The third-order valence-electron chi connectivity index (χ3n) is 1.34. The summed E-state index contributed by atoms with van der Waals surface area (Å²) in [5, 5.41) is 12.3. The number of aromatic nitrogens is 2. The summed E-state index contributed by atoms with van der Waals surface area (Å²) in [4.78, 5) is 10.2. The van der Waals surface area contributed by atoms with Crippen LogP contribution < -0.4 is 0 Å². The fraction of sp³-hybridized carbons (Fsp3) is 0.250. The van der Waals surface area contributed by atoms with Crippen molar-refractivity contribution in [3.63, 3.8) is 0 Å². The van der Waals surface area contributed by atoms with Crippen LogP contribution in [0.4, 0.5) is 0 Å². The standard InChI is InChI=1S/C8H8N2O2/c1-2-7-3-5-10(9-7)6-4-8(11)12/h1,3,5H,4,6H2,(H,11,12). The monoisotopic (exact) mass is 164 g/mol. The average Bonchev–Trinajstić information content (AvgIpc) is 2.48. The van der Waals surface area contributed by atoms with Crippen LogP contribution in [0.25, 0.3) is 0 Å². The van der Waals surface area contributed by atoms with Crippen molar-refractivity contribution in [3.05, 3.63) is 18.0 Å². The van der Waals surface area contributed by atoms with Gasteiger partial charge in [-0.3, -0.25) is 9.48 Å². The molecule has 62 valence electrons. The van der Waals surface area contributed by atoms with Gasteiger partial charge in [-0.25, -0.2) is 0 Å². The number of nitrogens with zero attached hydrogens (tertiary/aromatic N) is 2. The molecule has 4 heteroatoms. The Bertz CT molecular complexity index is 322. The third-order valence-corrected chi connectivity index (χ3v) is 1.34. The second kappa shape index (κ2) is 3.58. The van der Waals surface area contributed by atoms with E-state index in [1.807, 2.05) is 0 Å². The molecule has 0 fully saturated rings. The Kier molecular flexibility index (Phi) is 2.49. The summed E-state index contributed by atoms with van der Waals surface area (Å²) in [5.41, 5.74) is 0.528. The topological polar surface area (TPSA) is 55.1 Å². The summed E-state index contributed by atoms with van der Waals surface area (Å²) in [5.74, 6) is 1.52. The van der Waals surface area contributed by atoms with Crippen LogP contribution in [0, 0.1) is 12.3 Å². The van der Waals surface area contributed by atoms with E-state index in [1.54, 1.807) is 12.3 Å². The Hall–Kier alpha value is -1.76. The minimum absolute atomic E-state index is 0.0612. The molecule has 0 amide bonds. The number of aliphatic carboxylic acids is 1. The van der Waals surface area contributed by atoms with Crippen LogP contribution in [0.5, 0.6) is 0 Å². The molecule has 0 aromatic carbocycles. The van der Waals surface area contributed by atoms with Gasteiger partial charge in [-0.05, 0) is 12.0 Å². The van der Waals surface area contributed by atoms with Gasteiger partial charge in [-0.2, -0.15) is 5.10 Å². The molecule has 0 saturated heterocycles. The minimum Gasteiger partial charge on any atom is -0.481 e. The third kappa shape index (κ3) is 2.13. The predicted octanol–water partition coefficient (Wildman–Crippen LogP) is 0.339. The van der Waals surface area contributed by atoms with Gasteiger partial charge in [-0.15, -0.1) is 6.42 Å². The Morgan fingerprint density at radius 3 is 3.08 bits per heavy atom. The normalized spacial score (nSPS) is 9.25. The number of hydrogen-bond acceptors (Lipinski definition) is 2. The first-order valence-electron chi connectivity index (χ1n) is 3.44. The van der Waals surface area contributed by atoms with Crippen molar-refractivity contribution in [2.75, 3.05) is 0 Å². The maximum absolute atomic E-state index is 10.2. The van der Waals surface area contributed by atoms with E-state index in [4.69, 9.17) is 11.5 Å². The van der Waals surface area contributed by atoms with Gasteiger partial charge >= 0.3 is 5.97 Å². The number of carboxylic acid groups (broad SMARTS) is 1. The number of rotatable bonds is 3. The van der Waals surface area contributed by atoms with E-state index in [2.05, 4.69) is 11.0 Å². The number of hydrogen-bond donors (Lipinski definition) is 1. The zero-order chi connectivity index (χ0) is 8.97. The van der Waals surface area contributed by atoms with Gasteiger partial charge in [0.05, 0.1) is 13.0 Å². The molecule has 1 aromatic rings. The van der Waals surface area contributed by atoms with Gasteiger partial charge in [0, 0.05) is 6.20 Å². The van der Waals surface area contributed by atoms with Crippen LogP contribution in [0.1, 0.15) is 12.1 Å². The van der Waals surface area contributed by atoms with Gasteiger partial charge < -0.3 is 5.11 Å². The molecule has 1 heterocycles. The molecule has 1 N–H and O–H groups in total. The fourth-order valence-electron chi connectivity index (χ4n) is 0.773. The van der Waals surface area contributed by atoms with Crippen molar-refractivity contribution in [2.24, 2.45) is 0 Å².